The van der Waals surface area contributed by atoms with Gasteiger partial charge in [-0.1, -0.05) is 28.1 Å². The molecule has 0 aromatic heterocycles. The number of carboxylic acid groups (broad SMARTS) is 1. The van der Waals surface area contributed by atoms with Crippen LogP contribution < -0.4 is 0 Å². The van der Waals surface area contributed by atoms with Crippen molar-refractivity contribution in [2.45, 2.75) is 31.2 Å². The van der Waals surface area contributed by atoms with Crippen LogP contribution in [0.5, 0.6) is 0 Å². The van der Waals surface area contributed by atoms with Crippen molar-refractivity contribution >= 4 is 27.8 Å². The number of likely N-dealkylation sites (tertiary alicyclic amines) is 1. The van der Waals surface area contributed by atoms with Gasteiger partial charge in [-0.15, -0.1) is 0 Å². The summed E-state index contributed by atoms with van der Waals surface area (Å²) in [6, 6.07) is 7.39. The maximum Gasteiger partial charge on any atom is 0.326 e. The highest BCUT2D eigenvalue weighted by Gasteiger charge is 2.48. The fraction of sp³-hybridized carbons (Fsp3) is 0.467. The number of hydrogen-bond donors (Lipinski definition) is 1. The minimum absolute atomic E-state index is 0.0165. The largest absolute Gasteiger partial charge is 0.480 e. The first-order valence-electron chi connectivity index (χ1n) is 6.86. The van der Waals surface area contributed by atoms with Gasteiger partial charge in [-0.05, 0) is 42.9 Å². The van der Waals surface area contributed by atoms with Crippen LogP contribution >= 0.6 is 15.9 Å². The van der Waals surface area contributed by atoms with E-state index < -0.39 is 12.0 Å². The van der Waals surface area contributed by atoms with Crippen LogP contribution in [0.25, 0.3) is 0 Å². The average molecular weight is 338 g/mol. The zero-order valence-electron chi connectivity index (χ0n) is 11.0. The molecule has 3 unspecified atom stereocenters. The van der Waals surface area contributed by atoms with Gasteiger partial charge in [0, 0.05) is 16.9 Å². The molecule has 1 aliphatic carbocycles. The Morgan fingerprint density at radius 3 is 2.60 bits per heavy atom. The van der Waals surface area contributed by atoms with Crippen molar-refractivity contribution in [2.24, 2.45) is 5.92 Å². The van der Waals surface area contributed by atoms with Gasteiger partial charge in [0.15, 0.2) is 0 Å². The Bertz CT molecular complexity index is 543. The van der Waals surface area contributed by atoms with Crippen LogP contribution in [0.15, 0.2) is 28.7 Å². The summed E-state index contributed by atoms with van der Waals surface area (Å²) in [5.41, 5.74) is 1.16. The van der Waals surface area contributed by atoms with Crippen LogP contribution in [-0.4, -0.2) is 34.5 Å². The Morgan fingerprint density at radius 2 is 1.95 bits per heavy atom. The molecule has 106 valence electrons. The van der Waals surface area contributed by atoms with E-state index in [-0.39, 0.29) is 17.7 Å². The lowest BCUT2D eigenvalue weighted by Crippen LogP contribution is -2.41. The maximum atomic E-state index is 12.4. The zero-order valence-corrected chi connectivity index (χ0v) is 12.5. The molecule has 5 heteroatoms. The lowest BCUT2D eigenvalue weighted by atomic mass is 10.1. The van der Waals surface area contributed by atoms with E-state index in [1.807, 2.05) is 24.3 Å². The van der Waals surface area contributed by atoms with E-state index in [0.717, 1.165) is 22.9 Å². The summed E-state index contributed by atoms with van der Waals surface area (Å²) in [6.07, 6.45) is 2.21. The third kappa shape index (κ3) is 2.46. The normalized spacial score (nSPS) is 28.4. The lowest BCUT2D eigenvalue weighted by molar-refractivity contribution is -0.148. The lowest BCUT2D eigenvalue weighted by Gasteiger charge is -2.21. The fourth-order valence-corrected chi connectivity index (χ4v) is 3.31. The summed E-state index contributed by atoms with van der Waals surface area (Å²) in [7, 11) is 0. The van der Waals surface area contributed by atoms with E-state index in [1.165, 1.54) is 0 Å². The van der Waals surface area contributed by atoms with E-state index >= 15 is 0 Å². The molecule has 1 aromatic rings. The Labute approximate surface area is 125 Å². The number of hydrogen-bond acceptors (Lipinski definition) is 2. The highest BCUT2D eigenvalue weighted by atomic mass is 79.9. The molecule has 0 radical (unpaired) electrons. The number of nitrogens with zero attached hydrogens (tertiary/aromatic N) is 1. The second-order valence-corrected chi connectivity index (χ2v) is 6.44. The number of halogens is 1. The molecule has 0 bridgehead atoms. The van der Waals surface area contributed by atoms with Crippen LogP contribution in [-0.2, 0) is 9.59 Å². The SMILES string of the molecule is O=C(O)C1CCCN1C(=O)C1CC1c1ccc(Br)cc1. The number of carboxylic acids is 1. The van der Waals surface area contributed by atoms with Gasteiger partial charge in [0.1, 0.15) is 6.04 Å². The molecule has 1 heterocycles. The van der Waals surface area contributed by atoms with Crippen molar-refractivity contribution < 1.29 is 14.7 Å². The van der Waals surface area contributed by atoms with Crippen molar-refractivity contribution in [1.82, 2.24) is 4.90 Å². The van der Waals surface area contributed by atoms with Crippen molar-refractivity contribution in [3.05, 3.63) is 34.3 Å². The van der Waals surface area contributed by atoms with Gasteiger partial charge < -0.3 is 10.0 Å². The highest BCUT2D eigenvalue weighted by molar-refractivity contribution is 9.10. The maximum absolute atomic E-state index is 12.4. The molecule has 3 rings (SSSR count). The topological polar surface area (TPSA) is 57.6 Å². The molecule has 2 fully saturated rings. The second kappa shape index (κ2) is 5.20. The van der Waals surface area contributed by atoms with Gasteiger partial charge in [0.2, 0.25) is 5.91 Å². The number of benzene rings is 1. The zero-order chi connectivity index (χ0) is 14.3. The van der Waals surface area contributed by atoms with Gasteiger partial charge >= 0.3 is 5.97 Å². The predicted octanol–water partition coefficient (Wildman–Crippen LogP) is 2.63. The molecule has 2 aliphatic rings. The van der Waals surface area contributed by atoms with Gasteiger partial charge in [0.25, 0.3) is 0 Å². The molecule has 1 saturated heterocycles. The molecule has 0 spiro atoms. The van der Waals surface area contributed by atoms with E-state index in [9.17, 15) is 9.59 Å². The average Bonchev–Trinajstić information content (AvgIpc) is 3.06. The Morgan fingerprint density at radius 1 is 1.25 bits per heavy atom. The van der Waals surface area contributed by atoms with E-state index in [0.29, 0.717) is 13.0 Å². The van der Waals surface area contributed by atoms with E-state index in [2.05, 4.69) is 15.9 Å². The number of amides is 1. The minimum atomic E-state index is -0.878. The Balaban J connectivity index is 1.68. The highest BCUT2D eigenvalue weighted by Crippen LogP contribution is 2.49. The first-order valence-corrected chi connectivity index (χ1v) is 7.66. The van der Waals surface area contributed by atoms with Crippen LogP contribution in [0, 0.1) is 5.92 Å². The van der Waals surface area contributed by atoms with Crippen LogP contribution in [0.2, 0.25) is 0 Å². The molecular formula is C15H16BrNO3. The standard InChI is InChI=1S/C15H16BrNO3/c16-10-5-3-9(4-6-10)11-8-12(11)14(18)17-7-1-2-13(17)15(19)20/h3-6,11-13H,1-2,7-8H2,(H,19,20). The van der Waals surface area contributed by atoms with Crippen LogP contribution in [0.4, 0.5) is 0 Å². The molecule has 1 N–H and O–H groups in total. The summed E-state index contributed by atoms with van der Waals surface area (Å²) >= 11 is 3.40. The molecule has 4 nitrogen and oxygen atoms in total. The Hall–Kier alpha value is -1.36. The van der Waals surface area contributed by atoms with Crippen molar-refractivity contribution in [2.75, 3.05) is 6.54 Å². The number of aliphatic carboxylic acids is 1. The Kier molecular flexibility index (Phi) is 3.54. The number of carbonyl (C=O) groups excluding carboxylic acids is 1. The fourth-order valence-electron chi connectivity index (χ4n) is 3.05. The molecule has 20 heavy (non-hydrogen) atoms. The summed E-state index contributed by atoms with van der Waals surface area (Å²) in [5, 5.41) is 9.15. The quantitative estimate of drug-likeness (QED) is 0.922. The third-order valence-corrected chi connectivity index (χ3v) is 4.76. The van der Waals surface area contributed by atoms with Crippen LogP contribution in [0.3, 0.4) is 0 Å². The predicted molar refractivity (Wildman–Crippen MR) is 77.4 cm³/mol. The molecular weight excluding hydrogens is 322 g/mol. The third-order valence-electron chi connectivity index (χ3n) is 4.23. The summed E-state index contributed by atoms with van der Waals surface area (Å²) in [4.78, 5) is 25.1. The smallest absolute Gasteiger partial charge is 0.326 e. The molecule has 1 aliphatic heterocycles. The van der Waals surface area contributed by atoms with Crippen LogP contribution in [0.1, 0.15) is 30.7 Å². The van der Waals surface area contributed by atoms with Crippen molar-refractivity contribution in [3.63, 3.8) is 0 Å². The summed E-state index contributed by atoms with van der Waals surface area (Å²) in [6.45, 7) is 0.583. The molecule has 3 atom stereocenters. The molecule has 1 amide bonds. The molecule has 1 saturated carbocycles. The van der Waals surface area contributed by atoms with Gasteiger partial charge in [-0.2, -0.15) is 0 Å². The monoisotopic (exact) mass is 337 g/mol. The van der Waals surface area contributed by atoms with E-state index in [4.69, 9.17) is 5.11 Å². The number of carbonyl (C=O) groups is 2. The first kappa shape index (κ1) is 13.6. The van der Waals surface area contributed by atoms with Crippen molar-refractivity contribution in [1.29, 1.82) is 0 Å². The van der Waals surface area contributed by atoms with Crippen molar-refractivity contribution in [3.8, 4) is 0 Å². The first-order chi connectivity index (χ1) is 9.58. The summed E-state index contributed by atoms with van der Waals surface area (Å²) < 4.78 is 1.02. The number of rotatable bonds is 3. The summed E-state index contributed by atoms with van der Waals surface area (Å²) in [5.74, 6) is -0.638. The second-order valence-electron chi connectivity index (χ2n) is 5.53. The van der Waals surface area contributed by atoms with Gasteiger partial charge in [0.05, 0.1) is 0 Å². The van der Waals surface area contributed by atoms with E-state index in [1.54, 1.807) is 4.90 Å². The van der Waals surface area contributed by atoms with Gasteiger partial charge in [-0.25, -0.2) is 4.79 Å². The van der Waals surface area contributed by atoms with Gasteiger partial charge in [-0.3, -0.25) is 4.79 Å². The molecule has 1 aromatic carbocycles. The minimum Gasteiger partial charge on any atom is -0.480 e.